The van der Waals surface area contributed by atoms with E-state index >= 15 is 0 Å². The molecule has 0 aliphatic heterocycles. The summed E-state index contributed by atoms with van der Waals surface area (Å²) in [6.45, 7) is 7.57. The highest BCUT2D eigenvalue weighted by molar-refractivity contribution is 7.86. The van der Waals surface area contributed by atoms with Gasteiger partial charge in [-0.15, -0.1) is 0 Å². The zero-order valence-corrected chi connectivity index (χ0v) is 21.6. The fourth-order valence-corrected chi connectivity index (χ4v) is 3.62. The van der Waals surface area contributed by atoms with Crippen molar-refractivity contribution in [3.8, 4) is 5.75 Å². The number of aliphatic hydroxyl groups excluding tert-OH is 1. The Kier molecular flexibility index (Phi) is 12.1. The minimum Gasteiger partial charge on any atom is -0.459 e. The zero-order chi connectivity index (χ0) is 26.6. The summed E-state index contributed by atoms with van der Waals surface area (Å²) in [5, 5.41) is 12.9. The first kappa shape index (κ1) is 30.3. The van der Waals surface area contributed by atoms with Crippen molar-refractivity contribution < 1.29 is 46.3 Å². The smallest absolute Gasteiger partial charge is 0.459 e. The highest BCUT2D eigenvalue weighted by Crippen LogP contribution is 2.25. The monoisotopic (exact) mass is 517 g/mol. The first-order valence-corrected chi connectivity index (χ1v) is 12.7. The summed E-state index contributed by atoms with van der Waals surface area (Å²) >= 11 is 0. The molecule has 0 saturated heterocycles. The number of amides is 1. The van der Waals surface area contributed by atoms with Gasteiger partial charge in [0.1, 0.15) is 12.4 Å². The molecule has 35 heavy (non-hydrogen) atoms. The Balaban J connectivity index is 2.63. The molecule has 1 rings (SSSR count). The van der Waals surface area contributed by atoms with Gasteiger partial charge in [0.15, 0.2) is 6.10 Å². The Morgan fingerprint density at radius 1 is 1.11 bits per heavy atom. The maximum Gasteiger partial charge on any atom is 0.513 e. The lowest BCUT2D eigenvalue weighted by Gasteiger charge is -2.28. The van der Waals surface area contributed by atoms with Gasteiger partial charge in [0.05, 0.1) is 19.0 Å². The number of aliphatic hydroxyl groups is 1. The number of hydrogen-bond donors (Lipinski definition) is 2. The molecule has 0 unspecified atom stereocenters. The second kappa shape index (κ2) is 14.0. The van der Waals surface area contributed by atoms with E-state index in [9.17, 15) is 27.9 Å². The van der Waals surface area contributed by atoms with Crippen LogP contribution in [0.2, 0.25) is 0 Å². The van der Waals surface area contributed by atoms with Crippen LogP contribution < -0.4 is 10.1 Å². The second-order valence-corrected chi connectivity index (χ2v) is 10.8. The molecule has 2 N–H and O–H groups in total. The van der Waals surface area contributed by atoms with Gasteiger partial charge in [0.2, 0.25) is 5.91 Å². The topological polar surface area (TPSA) is 155 Å². The highest BCUT2D eigenvalue weighted by Gasteiger charge is 2.36. The van der Waals surface area contributed by atoms with Crippen molar-refractivity contribution in [3.63, 3.8) is 0 Å². The number of rotatable bonds is 14. The van der Waals surface area contributed by atoms with Gasteiger partial charge in [0.25, 0.3) is 10.1 Å². The SMILES string of the molecule is CC(=O)NCCCS(=O)(=O)OCC(C)(C)[C@@H](O)C(=O)OCc1ccccc1OC(=O)OCC(C)C. The molecule has 0 aliphatic carbocycles. The third-order valence-electron chi connectivity index (χ3n) is 4.59. The Morgan fingerprint density at radius 2 is 1.77 bits per heavy atom. The average molecular weight is 518 g/mol. The minimum atomic E-state index is -3.93. The fraction of sp³-hybridized carbons (Fsp3) is 0.609. The Bertz CT molecular complexity index is 959. The molecule has 1 atom stereocenters. The largest absolute Gasteiger partial charge is 0.513 e. The van der Waals surface area contributed by atoms with Crippen molar-refractivity contribution in [2.45, 2.75) is 53.8 Å². The summed E-state index contributed by atoms with van der Waals surface area (Å²) < 4.78 is 44.4. The van der Waals surface area contributed by atoms with Crippen LogP contribution in [0.25, 0.3) is 0 Å². The van der Waals surface area contributed by atoms with Crippen LogP contribution in [0.15, 0.2) is 24.3 Å². The van der Waals surface area contributed by atoms with E-state index in [0.717, 1.165) is 0 Å². The summed E-state index contributed by atoms with van der Waals surface area (Å²) in [5.74, 6) is -1.34. The number of carbonyl (C=O) groups is 3. The van der Waals surface area contributed by atoms with Gasteiger partial charge in [-0.3, -0.25) is 8.98 Å². The Labute approximate surface area is 206 Å². The summed E-state index contributed by atoms with van der Waals surface area (Å²) in [5.41, 5.74) is -0.927. The molecule has 0 fully saturated rings. The third kappa shape index (κ3) is 12.0. The van der Waals surface area contributed by atoms with Crippen LogP contribution in [-0.2, 0) is 40.0 Å². The molecule has 0 spiro atoms. The summed E-state index contributed by atoms with van der Waals surface area (Å²) in [7, 11) is -3.93. The molecule has 11 nitrogen and oxygen atoms in total. The Morgan fingerprint density at radius 3 is 2.40 bits per heavy atom. The summed E-state index contributed by atoms with van der Waals surface area (Å²) in [4.78, 5) is 35.1. The molecule has 0 bridgehead atoms. The van der Waals surface area contributed by atoms with Crippen molar-refractivity contribution in [2.75, 3.05) is 25.5 Å². The van der Waals surface area contributed by atoms with E-state index in [0.29, 0.717) is 5.56 Å². The summed E-state index contributed by atoms with van der Waals surface area (Å²) in [6, 6.07) is 6.36. The van der Waals surface area contributed by atoms with Gasteiger partial charge < -0.3 is 24.6 Å². The molecule has 1 aromatic rings. The van der Waals surface area contributed by atoms with Crippen LogP contribution in [-0.4, -0.2) is 63.2 Å². The van der Waals surface area contributed by atoms with Crippen molar-refractivity contribution in [1.29, 1.82) is 0 Å². The van der Waals surface area contributed by atoms with Gasteiger partial charge in [-0.1, -0.05) is 45.9 Å². The first-order chi connectivity index (χ1) is 16.2. The Hall–Kier alpha value is -2.70. The normalized spacial score (nSPS) is 12.7. The molecular weight excluding hydrogens is 482 g/mol. The van der Waals surface area contributed by atoms with E-state index in [4.69, 9.17) is 18.4 Å². The lowest BCUT2D eigenvalue weighted by atomic mass is 9.88. The minimum absolute atomic E-state index is 0.131. The van der Waals surface area contributed by atoms with Gasteiger partial charge in [-0.2, -0.15) is 8.42 Å². The van der Waals surface area contributed by atoms with Crippen LogP contribution in [0, 0.1) is 11.3 Å². The maximum absolute atomic E-state index is 12.4. The number of para-hydroxylation sites is 1. The van der Waals surface area contributed by atoms with Crippen LogP contribution in [0.3, 0.4) is 0 Å². The number of benzene rings is 1. The summed E-state index contributed by atoms with van der Waals surface area (Å²) in [6.07, 6.45) is -2.44. The number of hydrogen-bond acceptors (Lipinski definition) is 10. The molecular formula is C23H35NO10S. The molecule has 0 radical (unpaired) electrons. The average Bonchev–Trinajstić information content (AvgIpc) is 2.78. The number of ether oxygens (including phenoxy) is 3. The predicted octanol–water partition coefficient (Wildman–Crippen LogP) is 2.16. The van der Waals surface area contributed by atoms with Gasteiger partial charge >= 0.3 is 12.1 Å². The molecule has 0 aliphatic rings. The van der Waals surface area contributed by atoms with Crippen LogP contribution in [0.5, 0.6) is 5.75 Å². The van der Waals surface area contributed by atoms with Crippen LogP contribution >= 0.6 is 0 Å². The van der Waals surface area contributed by atoms with E-state index < -0.39 is 40.4 Å². The molecule has 0 aromatic heterocycles. The molecule has 198 valence electrons. The van der Waals surface area contributed by atoms with E-state index in [2.05, 4.69) is 5.32 Å². The second-order valence-electron chi connectivity index (χ2n) is 9.02. The van der Waals surface area contributed by atoms with E-state index in [1.165, 1.54) is 26.8 Å². The van der Waals surface area contributed by atoms with Gasteiger partial charge in [-0.25, -0.2) is 9.59 Å². The van der Waals surface area contributed by atoms with E-state index in [1.54, 1.807) is 18.2 Å². The predicted molar refractivity (Wildman–Crippen MR) is 126 cm³/mol. The standard InChI is InChI=1S/C23H35NO10S/c1-16(2)13-32-22(28)34-19-10-7-6-9-18(19)14-31-21(27)20(26)23(4,5)15-33-35(29,30)12-8-11-24-17(3)25/h6-7,9-10,16,20,26H,8,11-15H2,1-5H3,(H,24,25)/t20-/m0/s1. The third-order valence-corrected chi connectivity index (χ3v) is 5.86. The number of nitrogens with one attached hydrogen (secondary N) is 1. The lowest BCUT2D eigenvalue weighted by Crippen LogP contribution is -2.41. The molecule has 1 amide bonds. The maximum atomic E-state index is 12.4. The van der Waals surface area contributed by atoms with Crippen molar-refractivity contribution in [1.82, 2.24) is 5.32 Å². The van der Waals surface area contributed by atoms with Gasteiger partial charge in [0, 0.05) is 24.4 Å². The number of esters is 1. The van der Waals surface area contributed by atoms with E-state index in [-0.39, 0.29) is 49.5 Å². The van der Waals surface area contributed by atoms with Crippen LogP contribution in [0.1, 0.15) is 46.6 Å². The quantitative estimate of drug-likeness (QED) is 0.162. The molecule has 12 heteroatoms. The first-order valence-electron chi connectivity index (χ1n) is 11.1. The van der Waals surface area contributed by atoms with Crippen molar-refractivity contribution >= 4 is 28.1 Å². The highest BCUT2D eigenvalue weighted by atomic mass is 32.2. The number of carbonyl (C=O) groups excluding carboxylic acids is 3. The molecule has 0 saturated carbocycles. The lowest BCUT2D eigenvalue weighted by molar-refractivity contribution is -0.162. The van der Waals surface area contributed by atoms with E-state index in [1.807, 2.05) is 13.8 Å². The van der Waals surface area contributed by atoms with Crippen molar-refractivity contribution in [2.24, 2.45) is 11.3 Å². The molecule has 0 heterocycles. The zero-order valence-electron chi connectivity index (χ0n) is 20.7. The van der Waals surface area contributed by atoms with Crippen LogP contribution in [0.4, 0.5) is 4.79 Å². The molecule has 1 aromatic carbocycles. The van der Waals surface area contributed by atoms with Crippen molar-refractivity contribution in [3.05, 3.63) is 29.8 Å². The fourth-order valence-electron chi connectivity index (χ4n) is 2.52. The van der Waals surface area contributed by atoms with Gasteiger partial charge in [-0.05, 0) is 18.4 Å².